The van der Waals surface area contributed by atoms with Crippen LogP contribution in [0.5, 0.6) is 0 Å². The van der Waals surface area contributed by atoms with E-state index < -0.39 is 63.1 Å². The van der Waals surface area contributed by atoms with Crippen LogP contribution in [0.2, 0.25) is 19.6 Å². The average molecular weight is 603 g/mol. The zero-order valence-electron chi connectivity index (χ0n) is 23.0. The van der Waals surface area contributed by atoms with E-state index in [2.05, 4.69) is 0 Å². The number of hydrogen-bond donors (Lipinski definition) is 0. The van der Waals surface area contributed by atoms with Gasteiger partial charge in [-0.05, 0) is 56.0 Å². The smallest absolute Gasteiger partial charge is 0.426 e. The monoisotopic (exact) mass is 602 g/mol. The molecule has 0 aromatic heterocycles. The number of rotatable bonds is 9. The Bertz CT molecular complexity index is 1380. The Balaban J connectivity index is 1.77. The Morgan fingerprint density at radius 1 is 0.738 bits per heavy atom. The second kappa shape index (κ2) is 12.5. The molecule has 8 nitrogen and oxygen atoms in total. The Hall–Kier alpha value is -4.00. The van der Waals surface area contributed by atoms with Gasteiger partial charge in [0.1, 0.15) is 12.7 Å². The van der Waals surface area contributed by atoms with Crippen LogP contribution < -0.4 is 0 Å². The lowest BCUT2D eigenvalue weighted by Gasteiger charge is -2.42. The summed E-state index contributed by atoms with van der Waals surface area (Å²) in [7, 11) is -3.17. The molecule has 1 aliphatic rings. The second-order valence-electron chi connectivity index (χ2n) is 10.4. The van der Waals surface area contributed by atoms with Crippen LogP contribution in [0, 0.1) is 0 Å². The van der Waals surface area contributed by atoms with Crippen LogP contribution >= 0.6 is 0 Å². The molecular formula is C30H29F3O8Si. The van der Waals surface area contributed by atoms with E-state index in [-0.39, 0.29) is 16.7 Å². The van der Waals surface area contributed by atoms with Crippen LogP contribution in [0.15, 0.2) is 91.0 Å². The first kappa shape index (κ1) is 30.9. The standard InChI is InChI=1S/C30H29F3O8Si/c1-42(2,3)41-29(30(31,32)33)24(39-26(35)21-15-9-5-10-16-21)23(19-37-25(34)20-13-7-4-8-14-20)38-28(29)40-27(36)22-17-11-6-12-18-22/h4-18,23-24,28H,19H2,1-3H3/t23-,24-,28-,29-/m1/s1. The van der Waals surface area contributed by atoms with Crippen LogP contribution in [-0.2, 0) is 23.4 Å². The molecule has 0 aliphatic carbocycles. The fraction of sp³-hybridized carbons (Fsp3) is 0.300. The van der Waals surface area contributed by atoms with Crippen molar-refractivity contribution in [3.63, 3.8) is 0 Å². The number of carbonyl (C=O) groups is 3. The van der Waals surface area contributed by atoms with E-state index >= 15 is 13.2 Å². The minimum atomic E-state index is -5.28. The largest absolute Gasteiger partial charge is 0.459 e. The third-order valence-corrected chi connectivity index (χ3v) is 7.13. The summed E-state index contributed by atoms with van der Waals surface area (Å²) in [6, 6.07) is 22.5. The molecule has 1 aliphatic heterocycles. The molecule has 3 aromatic rings. The predicted molar refractivity (Wildman–Crippen MR) is 146 cm³/mol. The maximum Gasteiger partial charge on any atom is 0.426 e. The van der Waals surface area contributed by atoms with Crippen molar-refractivity contribution in [3.05, 3.63) is 108 Å². The molecule has 1 heterocycles. The van der Waals surface area contributed by atoms with Crippen molar-refractivity contribution < 1.29 is 50.9 Å². The predicted octanol–water partition coefficient (Wildman–Crippen LogP) is 5.80. The summed E-state index contributed by atoms with van der Waals surface area (Å²) in [4.78, 5) is 38.8. The lowest BCUT2D eigenvalue weighted by molar-refractivity contribution is -0.312. The minimum Gasteiger partial charge on any atom is -0.459 e. The molecule has 3 aromatic carbocycles. The van der Waals surface area contributed by atoms with E-state index in [4.69, 9.17) is 23.4 Å². The van der Waals surface area contributed by atoms with Crippen molar-refractivity contribution in [2.24, 2.45) is 0 Å². The van der Waals surface area contributed by atoms with Gasteiger partial charge in [-0.2, -0.15) is 13.2 Å². The van der Waals surface area contributed by atoms with Gasteiger partial charge in [0.15, 0.2) is 14.4 Å². The molecule has 0 saturated carbocycles. The minimum absolute atomic E-state index is 0.0358. The van der Waals surface area contributed by atoms with Gasteiger partial charge < -0.3 is 23.4 Å². The molecule has 4 rings (SSSR count). The van der Waals surface area contributed by atoms with Crippen molar-refractivity contribution in [1.29, 1.82) is 0 Å². The number of esters is 3. The van der Waals surface area contributed by atoms with Crippen molar-refractivity contribution in [2.45, 2.75) is 49.9 Å². The van der Waals surface area contributed by atoms with Gasteiger partial charge in [-0.15, -0.1) is 0 Å². The number of hydrogen-bond acceptors (Lipinski definition) is 8. The quantitative estimate of drug-likeness (QED) is 0.172. The average Bonchev–Trinajstić information content (AvgIpc) is 3.24. The van der Waals surface area contributed by atoms with Crippen molar-refractivity contribution in [3.8, 4) is 0 Å². The lowest BCUT2D eigenvalue weighted by Crippen LogP contribution is -2.66. The molecule has 0 spiro atoms. The Morgan fingerprint density at radius 3 is 1.60 bits per heavy atom. The Kier molecular flexibility index (Phi) is 9.19. The van der Waals surface area contributed by atoms with Crippen LogP contribution in [0.4, 0.5) is 13.2 Å². The summed E-state index contributed by atoms with van der Waals surface area (Å²) in [5, 5.41) is 0. The highest BCUT2D eigenvalue weighted by Crippen LogP contribution is 2.50. The first-order valence-electron chi connectivity index (χ1n) is 13.0. The number of benzene rings is 3. The van der Waals surface area contributed by atoms with Crippen molar-refractivity contribution in [2.75, 3.05) is 6.61 Å². The summed E-state index contributed by atoms with van der Waals surface area (Å²) < 4.78 is 73.5. The van der Waals surface area contributed by atoms with E-state index in [1.165, 1.54) is 80.3 Å². The molecule has 0 bridgehead atoms. The van der Waals surface area contributed by atoms with Crippen LogP contribution in [-0.4, -0.2) is 63.1 Å². The summed E-state index contributed by atoms with van der Waals surface area (Å²) >= 11 is 0. The van der Waals surface area contributed by atoms with E-state index in [0.717, 1.165) is 0 Å². The van der Waals surface area contributed by atoms with Crippen LogP contribution in [0.3, 0.4) is 0 Å². The Labute approximate surface area is 241 Å². The molecular weight excluding hydrogens is 573 g/mol. The topological polar surface area (TPSA) is 97.4 Å². The van der Waals surface area contributed by atoms with Gasteiger partial charge in [-0.3, -0.25) is 0 Å². The third kappa shape index (κ3) is 6.89. The highest BCUT2D eigenvalue weighted by atomic mass is 28.4. The SMILES string of the molecule is C[Si](C)(C)O[C@@]1(C(F)(F)F)[C@@H](OC(=O)c2ccccc2)O[C@H](COC(=O)c2ccccc2)[C@H]1OC(=O)c1ccccc1. The zero-order valence-corrected chi connectivity index (χ0v) is 24.0. The maximum atomic E-state index is 15.3. The van der Waals surface area contributed by atoms with Crippen LogP contribution in [0.25, 0.3) is 0 Å². The van der Waals surface area contributed by atoms with Gasteiger partial charge in [0.05, 0.1) is 16.7 Å². The molecule has 0 radical (unpaired) electrons. The molecule has 1 fully saturated rings. The van der Waals surface area contributed by atoms with Crippen molar-refractivity contribution in [1.82, 2.24) is 0 Å². The summed E-state index contributed by atoms with van der Waals surface area (Å²) in [5.41, 5.74) is -3.38. The lowest BCUT2D eigenvalue weighted by atomic mass is 9.94. The molecule has 1 saturated heterocycles. The van der Waals surface area contributed by atoms with Gasteiger partial charge >= 0.3 is 24.1 Å². The summed E-state index contributed by atoms with van der Waals surface area (Å²) in [5.74, 6) is -3.07. The molecule has 42 heavy (non-hydrogen) atoms. The molecule has 0 unspecified atom stereocenters. The molecule has 0 amide bonds. The van der Waals surface area contributed by atoms with Crippen LogP contribution in [0.1, 0.15) is 31.1 Å². The highest BCUT2D eigenvalue weighted by Gasteiger charge is 2.76. The van der Waals surface area contributed by atoms with Gasteiger partial charge in [0.2, 0.25) is 6.29 Å². The van der Waals surface area contributed by atoms with E-state index in [1.54, 1.807) is 30.3 Å². The van der Waals surface area contributed by atoms with E-state index in [1.807, 2.05) is 0 Å². The molecule has 0 N–H and O–H groups in total. The molecule has 222 valence electrons. The number of alkyl halides is 3. The first-order valence-corrected chi connectivity index (χ1v) is 16.4. The number of halogens is 3. The highest BCUT2D eigenvalue weighted by molar-refractivity contribution is 6.69. The van der Waals surface area contributed by atoms with E-state index in [0.29, 0.717) is 0 Å². The summed E-state index contributed by atoms with van der Waals surface area (Å²) in [6.07, 6.45) is -11.6. The second-order valence-corrected chi connectivity index (χ2v) is 14.9. The van der Waals surface area contributed by atoms with Gasteiger partial charge in [0.25, 0.3) is 5.60 Å². The fourth-order valence-corrected chi connectivity index (χ4v) is 5.77. The number of ether oxygens (including phenoxy) is 4. The molecule has 12 heteroatoms. The maximum absolute atomic E-state index is 15.3. The van der Waals surface area contributed by atoms with Gasteiger partial charge in [-0.25, -0.2) is 14.4 Å². The normalized spacial score (nSPS) is 22.3. The van der Waals surface area contributed by atoms with Gasteiger partial charge in [0, 0.05) is 0 Å². The van der Waals surface area contributed by atoms with E-state index in [9.17, 15) is 14.4 Å². The Morgan fingerprint density at radius 2 is 1.17 bits per heavy atom. The third-order valence-electron chi connectivity index (χ3n) is 6.18. The molecule has 4 atom stereocenters. The number of carbonyl (C=O) groups excluding carboxylic acids is 3. The van der Waals surface area contributed by atoms with Gasteiger partial charge in [-0.1, -0.05) is 54.6 Å². The van der Waals surface area contributed by atoms with Crippen molar-refractivity contribution >= 4 is 26.2 Å². The first-order chi connectivity index (χ1) is 19.8. The summed E-state index contributed by atoms with van der Waals surface area (Å²) in [6.45, 7) is 3.72. The fourth-order valence-electron chi connectivity index (χ4n) is 4.43. The zero-order chi connectivity index (χ0) is 30.5.